The van der Waals surface area contributed by atoms with Crippen molar-refractivity contribution in [2.45, 2.75) is 25.1 Å². The molecule has 0 bridgehead atoms. The summed E-state index contributed by atoms with van der Waals surface area (Å²) in [7, 11) is 0. The average molecular weight is 431 g/mol. The first-order valence-corrected chi connectivity index (χ1v) is 10.1. The zero-order chi connectivity index (χ0) is 22.0. The highest BCUT2D eigenvalue weighted by atomic mass is 35.5. The molecule has 0 atom stereocenters. The SMILES string of the molecule is CC(C)(C#N)c1cc(-c2cnc(N)c(-c3cc(-c4ccc(CCl)cc4)no3)n2)ccn1. The van der Waals surface area contributed by atoms with E-state index in [0.717, 1.165) is 16.7 Å². The van der Waals surface area contributed by atoms with Crippen molar-refractivity contribution in [1.29, 1.82) is 5.26 Å². The smallest absolute Gasteiger partial charge is 0.189 e. The van der Waals surface area contributed by atoms with Gasteiger partial charge in [0.2, 0.25) is 0 Å². The first-order valence-electron chi connectivity index (χ1n) is 9.54. The lowest BCUT2D eigenvalue weighted by Crippen LogP contribution is -2.15. The number of nitrogens with two attached hydrogens (primary N) is 1. The van der Waals surface area contributed by atoms with Gasteiger partial charge in [-0.25, -0.2) is 9.97 Å². The van der Waals surface area contributed by atoms with Crippen LogP contribution < -0.4 is 5.73 Å². The van der Waals surface area contributed by atoms with Crippen LogP contribution in [-0.2, 0) is 11.3 Å². The van der Waals surface area contributed by atoms with Crippen molar-refractivity contribution in [2.24, 2.45) is 0 Å². The van der Waals surface area contributed by atoms with E-state index in [2.05, 4.69) is 26.2 Å². The van der Waals surface area contributed by atoms with Crippen LogP contribution in [0.5, 0.6) is 0 Å². The molecule has 0 spiro atoms. The molecule has 1 aromatic carbocycles. The van der Waals surface area contributed by atoms with Gasteiger partial charge in [0.25, 0.3) is 0 Å². The number of nitriles is 1. The van der Waals surface area contributed by atoms with Crippen molar-refractivity contribution in [3.8, 4) is 40.0 Å². The lowest BCUT2D eigenvalue weighted by molar-refractivity contribution is 0.434. The molecule has 7 nitrogen and oxygen atoms in total. The molecule has 8 heteroatoms. The summed E-state index contributed by atoms with van der Waals surface area (Å²) in [4.78, 5) is 13.2. The number of halogens is 1. The van der Waals surface area contributed by atoms with E-state index in [0.29, 0.717) is 34.4 Å². The molecule has 0 saturated carbocycles. The highest BCUT2D eigenvalue weighted by Crippen LogP contribution is 2.30. The van der Waals surface area contributed by atoms with E-state index in [4.69, 9.17) is 21.9 Å². The zero-order valence-corrected chi connectivity index (χ0v) is 17.8. The standard InChI is InChI=1S/C23H19ClN6O/c1-23(2,13-25)20-9-16(7-8-27-20)18-12-28-22(26)21(29-18)19-10-17(30-31-19)15-5-3-14(11-24)4-6-15/h3-10,12H,11H2,1-2H3,(H2,26,28). The Hall–Kier alpha value is -3.76. The topological polar surface area (TPSA) is 115 Å². The number of hydrogen-bond acceptors (Lipinski definition) is 7. The fourth-order valence-electron chi connectivity index (χ4n) is 3.00. The van der Waals surface area contributed by atoms with Crippen molar-refractivity contribution in [1.82, 2.24) is 20.1 Å². The van der Waals surface area contributed by atoms with Crippen LogP contribution in [0.3, 0.4) is 0 Å². The Morgan fingerprint density at radius 2 is 1.84 bits per heavy atom. The minimum atomic E-state index is -0.723. The molecule has 2 N–H and O–H groups in total. The number of rotatable bonds is 5. The number of nitrogen functional groups attached to an aromatic ring is 1. The van der Waals surface area contributed by atoms with Crippen LogP contribution in [0.4, 0.5) is 5.82 Å². The van der Waals surface area contributed by atoms with Gasteiger partial charge < -0.3 is 10.3 Å². The summed E-state index contributed by atoms with van der Waals surface area (Å²) in [6.07, 6.45) is 3.23. The highest BCUT2D eigenvalue weighted by molar-refractivity contribution is 6.17. The van der Waals surface area contributed by atoms with Crippen LogP contribution in [0.2, 0.25) is 0 Å². The molecule has 0 unspecified atom stereocenters. The summed E-state index contributed by atoms with van der Waals surface area (Å²) in [5.74, 6) is 1.09. The second-order valence-electron chi connectivity index (χ2n) is 7.56. The molecule has 0 radical (unpaired) electrons. The lowest BCUT2D eigenvalue weighted by Gasteiger charge is -2.15. The van der Waals surface area contributed by atoms with Crippen LogP contribution >= 0.6 is 11.6 Å². The number of pyridine rings is 1. The molecule has 4 rings (SSSR count). The predicted octanol–water partition coefficient (Wildman–Crippen LogP) is 4.98. The molecule has 4 aromatic rings. The third-order valence-electron chi connectivity index (χ3n) is 4.92. The van der Waals surface area contributed by atoms with Gasteiger partial charge >= 0.3 is 0 Å². The van der Waals surface area contributed by atoms with Crippen molar-refractivity contribution < 1.29 is 4.52 Å². The Morgan fingerprint density at radius 3 is 2.55 bits per heavy atom. The maximum Gasteiger partial charge on any atom is 0.189 e. The first-order chi connectivity index (χ1) is 14.9. The summed E-state index contributed by atoms with van der Waals surface area (Å²) < 4.78 is 5.51. The van der Waals surface area contributed by atoms with E-state index in [1.165, 1.54) is 0 Å². The molecule has 154 valence electrons. The quantitative estimate of drug-likeness (QED) is 0.444. The van der Waals surface area contributed by atoms with Gasteiger partial charge in [0.1, 0.15) is 5.69 Å². The van der Waals surface area contributed by atoms with Crippen molar-refractivity contribution in [3.05, 3.63) is 66.1 Å². The Balaban J connectivity index is 1.70. The minimum Gasteiger partial charge on any atom is -0.382 e. The van der Waals surface area contributed by atoms with Gasteiger partial charge in [-0.15, -0.1) is 11.6 Å². The van der Waals surface area contributed by atoms with E-state index in [-0.39, 0.29) is 5.82 Å². The molecule has 0 saturated heterocycles. The van der Waals surface area contributed by atoms with Crippen molar-refractivity contribution in [3.63, 3.8) is 0 Å². The molecule has 0 aliphatic heterocycles. The van der Waals surface area contributed by atoms with E-state index in [1.807, 2.05) is 50.2 Å². The highest BCUT2D eigenvalue weighted by Gasteiger charge is 2.22. The molecule has 0 aliphatic carbocycles. The predicted molar refractivity (Wildman–Crippen MR) is 119 cm³/mol. The zero-order valence-electron chi connectivity index (χ0n) is 17.0. The van der Waals surface area contributed by atoms with E-state index >= 15 is 0 Å². The second kappa shape index (κ2) is 8.17. The molecular weight excluding hydrogens is 412 g/mol. The summed E-state index contributed by atoms with van der Waals surface area (Å²) in [6, 6.07) is 15.4. The summed E-state index contributed by atoms with van der Waals surface area (Å²) in [5, 5.41) is 13.5. The number of nitrogens with zero attached hydrogens (tertiary/aromatic N) is 5. The van der Waals surface area contributed by atoms with Gasteiger partial charge in [-0.2, -0.15) is 5.26 Å². The third kappa shape index (κ3) is 4.11. The normalized spacial score (nSPS) is 11.3. The van der Waals surface area contributed by atoms with Crippen LogP contribution in [0.1, 0.15) is 25.1 Å². The van der Waals surface area contributed by atoms with Gasteiger partial charge in [0, 0.05) is 29.3 Å². The van der Waals surface area contributed by atoms with Gasteiger partial charge in [-0.1, -0.05) is 29.4 Å². The summed E-state index contributed by atoms with van der Waals surface area (Å²) >= 11 is 5.85. The number of benzene rings is 1. The van der Waals surface area contributed by atoms with Crippen molar-refractivity contribution in [2.75, 3.05) is 5.73 Å². The molecule has 0 amide bonds. The summed E-state index contributed by atoms with van der Waals surface area (Å²) in [5.41, 5.74) is 10.3. The Morgan fingerprint density at radius 1 is 1.06 bits per heavy atom. The monoisotopic (exact) mass is 430 g/mol. The van der Waals surface area contributed by atoms with Gasteiger partial charge in [-0.3, -0.25) is 4.98 Å². The van der Waals surface area contributed by atoms with Crippen LogP contribution in [0.25, 0.3) is 34.0 Å². The number of alkyl halides is 1. The number of anilines is 1. The van der Waals surface area contributed by atoms with Gasteiger partial charge in [0.15, 0.2) is 17.3 Å². The lowest BCUT2D eigenvalue weighted by atomic mass is 9.90. The maximum absolute atomic E-state index is 9.40. The first kappa shape index (κ1) is 20.5. The second-order valence-corrected chi connectivity index (χ2v) is 7.83. The fourth-order valence-corrected chi connectivity index (χ4v) is 3.17. The van der Waals surface area contributed by atoms with Crippen LogP contribution in [0.15, 0.2) is 59.4 Å². The van der Waals surface area contributed by atoms with Crippen LogP contribution in [-0.4, -0.2) is 20.1 Å². The average Bonchev–Trinajstić information content (AvgIpc) is 3.29. The molecular formula is C23H19ClN6O. The molecule has 3 aromatic heterocycles. The maximum atomic E-state index is 9.40. The van der Waals surface area contributed by atoms with Crippen LogP contribution in [0, 0.1) is 11.3 Å². The van der Waals surface area contributed by atoms with Gasteiger partial charge in [-0.05, 0) is 31.5 Å². The Bertz CT molecular complexity index is 1270. The van der Waals surface area contributed by atoms with Crippen molar-refractivity contribution >= 4 is 17.4 Å². The van der Waals surface area contributed by atoms with E-state index < -0.39 is 5.41 Å². The fraction of sp³-hybridized carbons (Fsp3) is 0.174. The molecule has 31 heavy (non-hydrogen) atoms. The molecule has 0 fully saturated rings. The number of hydrogen-bond donors (Lipinski definition) is 1. The van der Waals surface area contributed by atoms with Gasteiger partial charge in [0.05, 0.1) is 29.1 Å². The summed E-state index contributed by atoms with van der Waals surface area (Å²) in [6.45, 7) is 3.63. The number of aromatic nitrogens is 4. The largest absolute Gasteiger partial charge is 0.382 e. The Kier molecular flexibility index (Phi) is 5.40. The van der Waals surface area contributed by atoms with E-state index in [1.54, 1.807) is 18.5 Å². The molecule has 3 heterocycles. The van der Waals surface area contributed by atoms with E-state index in [9.17, 15) is 5.26 Å². The molecule has 0 aliphatic rings. The third-order valence-corrected chi connectivity index (χ3v) is 5.23. The Labute approximate surface area is 184 Å². The minimum absolute atomic E-state index is 0.232.